The van der Waals surface area contributed by atoms with Crippen LogP contribution in [0.25, 0.3) is 0 Å². The smallest absolute Gasteiger partial charge is 0.253 e. The van der Waals surface area contributed by atoms with E-state index in [0.29, 0.717) is 18.7 Å². The van der Waals surface area contributed by atoms with Crippen molar-refractivity contribution in [2.45, 2.75) is 31.7 Å². The van der Waals surface area contributed by atoms with Crippen LogP contribution in [0.15, 0.2) is 30.5 Å². The van der Waals surface area contributed by atoms with Crippen molar-refractivity contribution in [3.63, 3.8) is 0 Å². The highest BCUT2D eigenvalue weighted by Crippen LogP contribution is 2.26. The number of halogens is 1. The lowest BCUT2D eigenvalue weighted by Gasteiger charge is -2.32. The lowest BCUT2D eigenvalue weighted by molar-refractivity contribution is 0.0704. The SMILES string of the molecule is O=C(c1cccc(F)c1)N1CCC[C@H](c2ncc3c(n2)CCNC3)C1. The van der Waals surface area contributed by atoms with Gasteiger partial charge in [-0.05, 0) is 31.0 Å². The molecule has 6 heteroatoms. The Bertz CT molecular complexity index is 795. The van der Waals surface area contributed by atoms with Crippen molar-refractivity contribution in [2.24, 2.45) is 0 Å². The molecule has 0 unspecified atom stereocenters. The number of hydrogen-bond acceptors (Lipinski definition) is 4. The number of carbonyl (C=O) groups excluding carboxylic acids is 1. The predicted molar refractivity (Wildman–Crippen MR) is 91.7 cm³/mol. The van der Waals surface area contributed by atoms with Crippen molar-refractivity contribution in [1.29, 1.82) is 0 Å². The molecule has 1 aromatic carbocycles. The van der Waals surface area contributed by atoms with Gasteiger partial charge in [0.05, 0.1) is 0 Å². The Labute approximate surface area is 146 Å². The average Bonchev–Trinajstić information content (AvgIpc) is 2.67. The van der Waals surface area contributed by atoms with Gasteiger partial charge in [0.1, 0.15) is 11.6 Å². The number of aromatic nitrogens is 2. The van der Waals surface area contributed by atoms with Crippen LogP contribution in [0.1, 0.15) is 46.2 Å². The molecule has 2 aliphatic rings. The quantitative estimate of drug-likeness (QED) is 0.911. The van der Waals surface area contributed by atoms with Crippen molar-refractivity contribution in [1.82, 2.24) is 20.2 Å². The van der Waals surface area contributed by atoms with E-state index in [1.807, 2.05) is 6.20 Å². The Balaban J connectivity index is 1.52. The van der Waals surface area contributed by atoms with Gasteiger partial charge in [-0.25, -0.2) is 14.4 Å². The zero-order valence-corrected chi connectivity index (χ0v) is 14.0. The maximum absolute atomic E-state index is 13.4. The van der Waals surface area contributed by atoms with Gasteiger partial charge in [-0.2, -0.15) is 0 Å². The third-order valence-corrected chi connectivity index (χ3v) is 4.97. The Morgan fingerprint density at radius 3 is 3.16 bits per heavy atom. The largest absolute Gasteiger partial charge is 0.338 e. The number of likely N-dealkylation sites (tertiary alicyclic amines) is 1. The summed E-state index contributed by atoms with van der Waals surface area (Å²) >= 11 is 0. The van der Waals surface area contributed by atoms with Gasteiger partial charge in [-0.1, -0.05) is 6.07 Å². The molecule has 1 aromatic heterocycles. The molecule has 1 atom stereocenters. The Kier molecular flexibility index (Phi) is 4.44. The van der Waals surface area contributed by atoms with E-state index >= 15 is 0 Å². The summed E-state index contributed by atoms with van der Waals surface area (Å²) in [4.78, 5) is 23.8. The van der Waals surface area contributed by atoms with Gasteiger partial charge in [0.2, 0.25) is 0 Å². The molecule has 1 N–H and O–H groups in total. The number of piperidine rings is 1. The molecule has 5 nitrogen and oxygen atoms in total. The molecule has 3 heterocycles. The first kappa shape index (κ1) is 16.1. The van der Waals surface area contributed by atoms with E-state index in [2.05, 4.69) is 10.3 Å². The number of fused-ring (bicyclic) bond motifs is 1. The highest BCUT2D eigenvalue weighted by atomic mass is 19.1. The number of hydrogen-bond donors (Lipinski definition) is 1. The fourth-order valence-electron chi connectivity index (χ4n) is 3.62. The average molecular weight is 340 g/mol. The summed E-state index contributed by atoms with van der Waals surface area (Å²) in [5.41, 5.74) is 2.69. The molecule has 0 radical (unpaired) electrons. The molecule has 2 aliphatic heterocycles. The minimum absolute atomic E-state index is 0.119. The standard InChI is InChI=1S/C19H21FN4O/c20-16-5-1-3-13(9-16)19(25)24-8-2-4-14(12-24)18-22-11-15-10-21-7-6-17(15)23-18/h1,3,5,9,11,14,21H,2,4,6-8,10,12H2/t14-/m0/s1. The number of benzene rings is 1. The van der Waals surface area contributed by atoms with Gasteiger partial charge in [0, 0.05) is 61.5 Å². The summed E-state index contributed by atoms with van der Waals surface area (Å²) in [7, 11) is 0. The summed E-state index contributed by atoms with van der Waals surface area (Å²) in [6.45, 7) is 3.05. The maximum Gasteiger partial charge on any atom is 0.253 e. The fraction of sp³-hybridized carbons (Fsp3) is 0.421. The molecule has 1 saturated heterocycles. The molecule has 25 heavy (non-hydrogen) atoms. The van der Waals surface area contributed by atoms with E-state index in [-0.39, 0.29) is 17.6 Å². The minimum Gasteiger partial charge on any atom is -0.338 e. The summed E-state index contributed by atoms with van der Waals surface area (Å²) in [6.07, 6.45) is 4.72. The second-order valence-electron chi connectivity index (χ2n) is 6.73. The van der Waals surface area contributed by atoms with Crippen LogP contribution in [-0.2, 0) is 13.0 Å². The highest BCUT2D eigenvalue weighted by Gasteiger charge is 2.28. The number of nitrogens with zero attached hydrogens (tertiary/aromatic N) is 3. The topological polar surface area (TPSA) is 58.1 Å². The van der Waals surface area contributed by atoms with Gasteiger partial charge >= 0.3 is 0 Å². The zero-order valence-electron chi connectivity index (χ0n) is 14.0. The van der Waals surface area contributed by atoms with Crippen molar-refractivity contribution in [3.05, 3.63) is 58.9 Å². The molecular weight excluding hydrogens is 319 g/mol. The van der Waals surface area contributed by atoms with Gasteiger partial charge in [0.15, 0.2) is 0 Å². The molecule has 0 aliphatic carbocycles. The predicted octanol–water partition coefficient (Wildman–Crippen LogP) is 2.28. The normalized spacial score (nSPS) is 20.2. The molecule has 4 rings (SSSR count). The molecule has 1 fully saturated rings. The molecule has 0 saturated carbocycles. The number of rotatable bonds is 2. The summed E-state index contributed by atoms with van der Waals surface area (Å²) in [6, 6.07) is 5.89. The highest BCUT2D eigenvalue weighted by molar-refractivity contribution is 5.94. The molecule has 2 aromatic rings. The zero-order chi connectivity index (χ0) is 17.2. The monoisotopic (exact) mass is 340 g/mol. The van der Waals surface area contributed by atoms with Gasteiger partial charge in [0.25, 0.3) is 5.91 Å². The number of nitrogens with one attached hydrogen (secondary N) is 1. The Morgan fingerprint density at radius 1 is 1.36 bits per heavy atom. The molecule has 0 spiro atoms. The summed E-state index contributed by atoms with van der Waals surface area (Å²) in [5.74, 6) is 0.473. The molecule has 0 bridgehead atoms. The third-order valence-electron chi connectivity index (χ3n) is 4.97. The van der Waals surface area contributed by atoms with Crippen LogP contribution >= 0.6 is 0 Å². The van der Waals surface area contributed by atoms with E-state index in [1.54, 1.807) is 17.0 Å². The molecule has 130 valence electrons. The summed E-state index contributed by atoms with van der Waals surface area (Å²) in [5, 5.41) is 3.32. The van der Waals surface area contributed by atoms with E-state index in [0.717, 1.165) is 43.9 Å². The first-order valence-corrected chi connectivity index (χ1v) is 8.81. The van der Waals surface area contributed by atoms with Crippen LogP contribution in [0.5, 0.6) is 0 Å². The van der Waals surface area contributed by atoms with E-state index in [9.17, 15) is 9.18 Å². The lowest BCUT2D eigenvalue weighted by atomic mass is 9.96. The minimum atomic E-state index is -0.383. The van der Waals surface area contributed by atoms with Gasteiger partial charge in [-0.15, -0.1) is 0 Å². The van der Waals surface area contributed by atoms with Crippen LogP contribution in [0.3, 0.4) is 0 Å². The van der Waals surface area contributed by atoms with Crippen molar-refractivity contribution >= 4 is 5.91 Å². The first-order valence-electron chi connectivity index (χ1n) is 8.81. The maximum atomic E-state index is 13.4. The lowest BCUT2D eigenvalue weighted by Crippen LogP contribution is -2.39. The van der Waals surface area contributed by atoms with Crippen LogP contribution in [0, 0.1) is 5.82 Å². The van der Waals surface area contributed by atoms with Crippen LogP contribution in [0.2, 0.25) is 0 Å². The van der Waals surface area contributed by atoms with E-state index < -0.39 is 0 Å². The van der Waals surface area contributed by atoms with Crippen molar-refractivity contribution < 1.29 is 9.18 Å². The third kappa shape index (κ3) is 3.39. The summed E-state index contributed by atoms with van der Waals surface area (Å²) < 4.78 is 13.4. The van der Waals surface area contributed by atoms with Crippen LogP contribution < -0.4 is 5.32 Å². The molecule has 1 amide bonds. The van der Waals surface area contributed by atoms with E-state index in [4.69, 9.17) is 4.98 Å². The Hall–Kier alpha value is -2.34. The van der Waals surface area contributed by atoms with Crippen molar-refractivity contribution in [2.75, 3.05) is 19.6 Å². The van der Waals surface area contributed by atoms with E-state index in [1.165, 1.54) is 17.7 Å². The Morgan fingerprint density at radius 2 is 2.28 bits per heavy atom. The second kappa shape index (κ2) is 6.88. The fourth-order valence-corrected chi connectivity index (χ4v) is 3.62. The van der Waals surface area contributed by atoms with Crippen LogP contribution in [-0.4, -0.2) is 40.4 Å². The second-order valence-corrected chi connectivity index (χ2v) is 6.73. The van der Waals surface area contributed by atoms with Gasteiger partial charge in [-0.3, -0.25) is 4.79 Å². The number of carbonyl (C=O) groups is 1. The van der Waals surface area contributed by atoms with Crippen LogP contribution in [0.4, 0.5) is 4.39 Å². The van der Waals surface area contributed by atoms with Gasteiger partial charge < -0.3 is 10.2 Å². The number of amides is 1. The van der Waals surface area contributed by atoms with Crippen molar-refractivity contribution in [3.8, 4) is 0 Å². The first-order chi connectivity index (χ1) is 12.2. The molecular formula is C19H21FN4O.